The summed E-state index contributed by atoms with van der Waals surface area (Å²) >= 11 is 2.04. The van der Waals surface area contributed by atoms with Crippen LogP contribution < -0.4 is 9.80 Å². The van der Waals surface area contributed by atoms with Gasteiger partial charge in [0.25, 0.3) is 0 Å². The first-order valence-corrected chi connectivity index (χ1v) is 46.9. The molecule has 0 radical (unpaired) electrons. The number of anilines is 2. The number of fused-ring (bicyclic) bond motifs is 2. The summed E-state index contributed by atoms with van der Waals surface area (Å²) in [4.78, 5) is 14.3. The van der Waals surface area contributed by atoms with Gasteiger partial charge in [0.2, 0.25) is 0 Å². The molecule has 4 unspecified atom stereocenters. The maximum atomic E-state index is 9.15. The molecule has 0 aliphatic heterocycles. The molecule has 75 heavy (non-hydrogen) atoms. The predicted molar refractivity (Wildman–Crippen MR) is 340 cm³/mol. The average Bonchev–Trinajstić information content (AvgIpc) is 4.17. The molecule has 4 atom stereocenters. The van der Waals surface area contributed by atoms with Gasteiger partial charge in [-0.15, -0.1) is 3.25 Å². The van der Waals surface area contributed by atoms with Crippen LogP contribution in [0.5, 0.6) is 0 Å². The highest BCUT2D eigenvalue weighted by atomic mass is 127. The Bertz CT molecular complexity index is 2430. The molecule has 4 aromatic heterocycles. The van der Waals surface area contributed by atoms with E-state index in [-0.39, 0.29) is 19.6 Å². The van der Waals surface area contributed by atoms with Crippen molar-refractivity contribution in [3.05, 3.63) is 45.6 Å². The Morgan fingerprint density at radius 1 is 0.680 bits per heavy atom. The molecule has 23 heteroatoms. The van der Waals surface area contributed by atoms with Gasteiger partial charge in [-0.2, -0.15) is 34.9 Å². The van der Waals surface area contributed by atoms with E-state index in [2.05, 4.69) is 164 Å². The SMILES string of the molecule is C/C=N/N=IS.C[Si](C)(C)CCOCN(COCC[Si](C)(C)C)c1cc(C2CCC(CC#N)C2)nc2c(I)cnn12.C[Si](C)(C)CCOCN(COCC[Si](C)(C)C)c1cc(C2CCC(CC#N)C2)nc2ccnn12. The van der Waals surface area contributed by atoms with Crippen molar-refractivity contribution in [3.63, 3.8) is 0 Å². The molecule has 0 bridgehead atoms. The molecule has 0 aromatic carbocycles. The molecule has 2 saturated carbocycles. The zero-order chi connectivity index (χ0) is 55.2. The van der Waals surface area contributed by atoms with E-state index < -0.39 is 32.3 Å². The van der Waals surface area contributed by atoms with Crippen molar-refractivity contribution < 1.29 is 18.9 Å². The van der Waals surface area contributed by atoms with Crippen LogP contribution in [0.2, 0.25) is 103 Å². The Morgan fingerprint density at radius 3 is 1.49 bits per heavy atom. The molecule has 6 rings (SSSR count). The quantitative estimate of drug-likeness (QED) is 0.0114. The Kier molecular flexibility index (Phi) is 28.0. The summed E-state index contributed by atoms with van der Waals surface area (Å²) in [6.07, 6.45) is 13.0. The van der Waals surface area contributed by atoms with Crippen LogP contribution >= 0.6 is 52.0 Å². The van der Waals surface area contributed by atoms with Crippen LogP contribution in [0.25, 0.3) is 11.3 Å². The van der Waals surface area contributed by atoms with E-state index in [1.54, 1.807) is 12.4 Å². The fraction of sp³-hybridized carbons (Fsp3) is 0.712. The van der Waals surface area contributed by atoms with Gasteiger partial charge in [-0.05, 0) is 104 Å². The molecule has 16 nitrogen and oxygen atoms in total. The number of nitrogens with zero attached hydrogens (tertiary/aromatic N) is 12. The smallest absolute Gasteiger partial charge is 0.171 e. The minimum Gasteiger partial charge on any atom is -0.361 e. The highest BCUT2D eigenvalue weighted by molar-refractivity contribution is 14.2. The van der Waals surface area contributed by atoms with Gasteiger partial charge in [-0.1, -0.05) is 88.4 Å². The number of nitriles is 2. The largest absolute Gasteiger partial charge is 0.361 e. The second-order valence-electron chi connectivity index (χ2n) is 24.9. The van der Waals surface area contributed by atoms with E-state index in [1.807, 2.05) is 28.2 Å². The van der Waals surface area contributed by atoms with Gasteiger partial charge >= 0.3 is 0 Å². The second-order valence-corrected chi connectivity index (χ2v) is 50.4. The lowest BCUT2D eigenvalue weighted by molar-refractivity contribution is 0.0940. The van der Waals surface area contributed by atoms with Crippen molar-refractivity contribution in [2.24, 2.45) is 20.2 Å². The molecule has 418 valence electrons. The minimum atomic E-state index is -1.16. The Hall–Kier alpha value is -2.19. The number of aromatic nitrogens is 6. The fourth-order valence-corrected chi connectivity index (χ4v) is 12.8. The van der Waals surface area contributed by atoms with Gasteiger partial charge in [0.05, 0.1) is 47.8 Å². The lowest BCUT2D eigenvalue weighted by atomic mass is 9.99. The second kappa shape index (κ2) is 32.2. The molecule has 2 fully saturated rings. The summed E-state index contributed by atoms with van der Waals surface area (Å²) in [6.45, 7) is 35.2. The van der Waals surface area contributed by atoms with Crippen LogP contribution in [0.3, 0.4) is 0 Å². The van der Waals surface area contributed by atoms with Crippen LogP contribution in [0.1, 0.15) is 81.5 Å². The first-order chi connectivity index (χ1) is 35.4. The van der Waals surface area contributed by atoms with Gasteiger partial charge in [0, 0.05) is 119 Å². The van der Waals surface area contributed by atoms with Crippen molar-refractivity contribution in [2.75, 3.05) is 63.2 Å². The Morgan fingerprint density at radius 2 is 1.11 bits per heavy atom. The summed E-state index contributed by atoms with van der Waals surface area (Å²) < 4.78 is 33.2. The van der Waals surface area contributed by atoms with Gasteiger partial charge < -0.3 is 28.7 Å². The van der Waals surface area contributed by atoms with Gasteiger partial charge in [0.1, 0.15) is 38.6 Å². The molecule has 2 aliphatic rings. The summed E-state index contributed by atoms with van der Waals surface area (Å²) in [5.41, 5.74) is 3.93. The number of hydrogen-bond acceptors (Lipinski definition) is 14. The first kappa shape index (κ1) is 65.3. The van der Waals surface area contributed by atoms with E-state index >= 15 is 0 Å². The van der Waals surface area contributed by atoms with Crippen LogP contribution in [0, 0.1) is 38.1 Å². The number of rotatable bonds is 27. The molecule has 4 heterocycles. The van der Waals surface area contributed by atoms with Crippen LogP contribution in [0.15, 0.2) is 38.9 Å². The Balaban J connectivity index is 0.000000293. The monoisotopic (exact) mass is 1340 g/mol. The first-order valence-electron chi connectivity index (χ1n) is 26.8. The van der Waals surface area contributed by atoms with Crippen molar-refractivity contribution >= 4 is 113 Å². The fourth-order valence-electron chi connectivity index (χ4n) is 8.65. The molecule has 0 saturated heterocycles. The molecule has 0 N–H and O–H groups in total. The third-order valence-corrected chi connectivity index (χ3v) is 21.8. The molecule has 4 aromatic rings. The number of ether oxygens (including phenoxy) is 4. The highest BCUT2D eigenvalue weighted by Gasteiger charge is 2.30. The summed E-state index contributed by atoms with van der Waals surface area (Å²) in [6, 6.07) is 15.6. The van der Waals surface area contributed by atoms with E-state index in [0.29, 0.717) is 63.4 Å². The van der Waals surface area contributed by atoms with Crippen molar-refractivity contribution in [3.8, 4) is 12.1 Å². The van der Waals surface area contributed by atoms with Crippen LogP contribution in [0.4, 0.5) is 11.6 Å². The molecule has 0 amide bonds. The maximum absolute atomic E-state index is 9.15. The van der Waals surface area contributed by atoms with Crippen molar-refractivity contribution in [1.29, 1.82) is 10.5 Å². The normalized spacial score (nSPS) is 18.4. The number of halogens is 2. The maximum Gasteiger partial charge on any atom is 0.171 e. The third-order valence-electron chi connectivity index (χ3n) is 13.3. The Labute approximate surface area is 482 Å². The van der Waals surface area contributed by atoms with E-state index in [0.717, 1.165) is 127 Å². The molecular weight excluding hydrogens is 1250 g/mol. The van der Waals surface area contributed by atoms with E-state index in [1.165, 1.54) is 0 Å². The lowest BCUT2D eigenvalue weighted by Crippen LogP contribution is -2.33. The minimum absolute atomic E-state index is 0.277. The molecule has 2 aliphatic carbocycles. The van der Waals surface area contributed by atoms with Gasteiger partial charge in [-0.25, -0.2) is 9.97 Å². The van der Waals surface area contributed by atoms with Crippen molar-refractivity contribution in [2.45, 2.75) is 173 Å². The summed E-state index contributed by atoms with van der Waals surface area (Å²) in [5, 5.41) is 31.0. The van der Waals surface area contributed by atoms with Crippen molar-refractivity contribution in [1.82, 2.24) is 29.2 Å². The number of hydrogen-bond donors (Lipinski definition) is 1. The zero-order valence-corrected chi connectivity index (χ0v) is 56.8. The standard InChI is InChI=1S/C25H42IN5O2Si2.C25H43N5O2Si2.C2H5IN2S/c1-34(2,3)13-11-32-18-30(19-33-12-14-35(4,5)6)24-16-23(21-8-7-20(15-21)9-10-27)29-25-22(26)17-28-31(24)25;1-33(2,3)15-13-31-19-29(20-32-14-16-34(4,5)6)25-18-23(28-24-10-12-27-30(24)25)22-8-7-21(17-22)9-11-26;1-2-4-5-3-6/h16-17,20-21H,7-9,11-15,18-19H2,1-6H3;10,12,18,21-22H,7-9,13-17,19-20H2,1-6H3;2H,1H3,(H,5,6)/b;;4-2+. The summed E-state index contributed by atoms with van der Waals surface area (Å²) in [7, 11) is -0.751. The predicted octanol–water partition coefficient (Wildman–Crippen LogP) is 14.5. The molecule has 0 spiro atoms. The summed E-state index contributed by atoms with van der Waals surface area (Å²) in [5.74, 6) is 3.66. The van der Waals surface area contributed by atoms with E-state index in [9.17, 15) is 0 Å². The number of thiol groups is 1. The van der Waals surface area contributed by atoms with Gasteiger partial charge in [0.15, 0.2) is 11.3 Å². The zero-order valence-electron chi connectivity index (χ0n) is 47.6. The highest BCUT2D eigenvalue weighted by Crippen LogP contribution is 2.41. The van der Waals surface area contributed by atoms with Crippen LogP contribution in [-0.2, 0) is 18.9 Å². The topological polar surface area (TPSA) is 176 Å². The lowest BCUT2D eigenvalue weighted by Gasteiger charge is -2.27. The third kappa shape index (κ3) is 24.4. The van der Waals surface area contributed by atoms with Gasteiger partial charge in [-0.3, -0.25) is 0 Å². The molecular formula is C52H90I2N12O4SSi4. The average molecular weight is 1350 g/mol. The van der Waals surface area contributed by atoms with Crippen LogP contribution in [-0.4, -0.2) is 121 Å². The van der Waals surface area contributed by atoms with E-state index in [4.69, 9.17) is 39.4 Å².